The van der Waals surface area contributed by atoms with Crippen molar-refractivity contribution in [1.82, 2.24) is 5.32 Å². The van der Waals surface area contributed by atoms with Crippen LogP contribution in [0.25, 0.3) is 0 Å². The van der Waals surface area contributed by atoms with E-state index in [2.05, 4.69) is 10.1 Å². The molecule has 0 radical (unpaired) electrons. The molecule has 0 heterocycles. The summed E-state index contributed by atoms with van der Waals surface area (Å²) in [6.07, 6.45) is -9.61. The lowest BCUT2D eigenvalue weighted by atomic mass is 10.0. The number of carbonyl (C=O) groups is 2. The summed E-state index contributed by atoms with van der Waals surface area (Å²) in [6.45, 7) is 0. The highest BCUT2D eigenvalue weighted by Gasteiger charge is 2.36. The van der Waals surface area contributed by atoms with Gasteiger partial charge < -0.3 is 10.1 Å². The summed E-state index contributed by atoms with van der Waals surface area (Å²) in [4.78, 5) is 24.3. The molecule has 1 atom stereocenters. The van der Waals surface area contributed by atoms with Gasteiger partial charge in [0.2, 0.25) is 0 Å². The second-order valence-electron chi connectivity index (χ2n) is 5.99. The third-order valence-electron chi connectivity index (χ3n) is 3.99. The Morgan fingerprint density at radius 1 is 0.931 bits per heavy atom. The van der Waals surface area contributed by atoms with Crippen molar-refractivity contribution in [2.75, 3.05) is 7.11 Å². The van der Waals surface area contributed by atoms with Crippen molar-refractivity contribution >= 4 is 11.9 Å². The van der Waals surface area contributed by atoms with Gasteiger partial charge in [-0.1, -0.05) is 24.3 Å². The molecule has 0 fully saturated rings. The number of rotatable bonds is 5. The van der Waals surface area contributed by atoms with Crippen LogP contribution in [0.3, 0.4) is 0 Å². The van der Waals surface area contributed by atoms with Crippen molar-refractivity contribution in [3.05, 3.63) is 70.8 Å². The lowest BCUT2D eigenvalue weighted by Crippen LogP contribution is -2.43. The number of hydrogen-bond donors (Lipinski definition) is 1. The normalized spacial score (nSPS) is 12.9. The SMILES string of the molecule is COC(=O)[C@@H](Cc1ccc(C(F)(F)F)cc1)NC(=O)c1ccccc1C(F)(F)F. The monoisotopic (exact) mass is 419 g/mol. The van der Waals surface area contributed by atoms with Gasteiger partial charge >= 0.3 is 18.3 Å². The Balaban J connectivity index is 2.24. The molecule has 2 aromatic carbocycles. The van der Waals surface area contributed by atoms with E-state index >= 15 is 0 Å². The average Bonchev–Trinajstić information content (AvgIpc) is 2.65. The van der Waals surface area contributed by atoms with Crippen molar-refractivity contribution in [3.8, 4) is 0 Å². The highest BCUT2D eigenvalue weighted by atomic mass is 19.4. The van der Waals surface area contributed by atoms with E-state index in [1.54, 1.807) is 0 Å². The highest BCUT2D eigenvalue weighted by Crippen LogP contribution is 2.32. The maximum atomic E-state index is 13.1. The molecular weight excluding hydrogens is 404 g/mol. The third kappa shape index (κ3) is 5.72. The molecule has 2 aromatic rings. The predicted molar refractivity (Wildman–Crippen MR) is 89.9 cm³/mol. The number of ether oxygens (including phenoxy) is 1. The van der Waals surface area contributed by atoms with Crippen LogP contribution in [0.5, 0.6) is 0 Å². The zero-order valence-electron chi connectivity index (χ0n) is 14.9. The van der Waals surface area contributed by atoms with E-state index in [0.717, 1.165) is 49.6 Å². The molecule has 0 unspecified atom stereocenters. The zero-order valence-corrected chi connectivity index (χ0v) is 14.9. The van der Waals surface area contributed by atoms with E-state index in [0.29, 0.717) is 0 Å². The van der Waals surface area contributed by atoms with Crippen LogP contribution in [0.15, 0.2) is 48.5 Å². The third-order valence-corrected chi connectivity index (χ3v) is 3.99. The van der Waals surface area contributed by atoms with Gasteiger partial charge in [0.15, 0.2) is 0 Å². The molecule has 0 aromatic heterocycles. The average molecular weight is 419 g/mol. The molecule has 0 aliphatic heterocycles. The molecule has 4 nitrogen and oxygen atoms in total. The lowest BCUT2D eigenvalue weighted by molar-refractivity contribution is -0.143. The van der Waals surface area contributed by atoms with E-state index < -0.39 is 47.0 Å². The largest absolute Gasteiger partial charge is 0.467 e. The number of esters is 1. The molecule has 156 valence electrons. The van der Waals surface area contributed by atoms with Crippen LogP contribution >= 0.6 is 0 Å². The number of carbonyl (C=O) groups excluding carboxylic acids is 2. The summed E-state index contributed by atoms with van der Waals surface area (Å²) in [6, 6.07) is 6.42. The molecule has 1 N–H and O–H groups in total. The van der Waals surface area contributed by atoms with Gasteiger partial charge in [0, 0.05) is 6.42 Å². The summed E-state index contributed by atoms with van der Waals surface area (Å²) in [5, 5.41) is 2.15. The van der Waals surface area contributed by atoms with Crippen molar-refractivity contribution in [3.63, 3.8) is 0 Å². The van der Waals surface area contributed by atoms with E-state index in [1.807, 2.05) is 0 Å². The Bertz CT molecular complexity index is 875. The smallest absolute Gasteiger partial charge is 0.417 e. The molecule has 29 heavy (non-hydrogen) atoms. The minimum absolute atomic E-state index is 0.248. The first-order valence-corrected chi connectivity index (χ1v) is 8.14. The van der Waals surface area contributed by atoms with Gasteiger partial charge in [-0.25, -0.2) is 4.79 Å². The van der Waals surface area contributed by atoms with E-state index in [9.17, 15) is 35.9 Å². The maximum absolute atomic E-state index is 13.1. The van der Waals surface area contributed by atoms with Gasteiger partial charge in [-0.05, 0) is 29.8 Å². The number of hydrogen-bond acceptors (Lipinski definition) is 3. The molecule has 0 aliphatic carbocycles. The molecule has 1 amide bonds. The van der Waals surface area contributed by atoms with Gasteiger partial charge in [0.1, 0.15) is 6.04 Å². The first-order chi connectivity index (χ1) is 13.4. The number of halogens is 6. The first-order valence-electron chi connectivity index (χ1n) is 8.14. The van der Waals surface area contributed by atoms with Crippen LogP contribution in [0, 0.1) is 0 Å². The zero-order chi connectivity index (χ0) is 21.8. The fraction of sp³-hybridized carbons (Fsp3) is 0.263. The number of benzene rings is 2. The van der Waals surface area contributed by atoms with Crippen molar-refractivity contribution in [1.29, 1.82) is 0 Å². The Morgan fingerprint density at radius 2 is 1.52 bits per heavy atom. The Hall–Kier alpha value is -3.04. The van der Waals surface area contributed by atoms with E-state index in [-0.39, 0.29) is 12.0 Å². The molecular formula is C19H15F6NO3. The van der Waals surface area contributed by atoms with Crippen LogP contribution in [-0.4, -0.2) is 25.0 Å². The summed E-state index contributed by atoms with van der Waals surface area (Å²) in [5.41, 5.74) is -2.53. The Morgan fingerprint density at radius 3 is 2.03 bits per heavy atom. The fourth-order valence-corrected chi connectivity index (χ4v) is 2.57. The van der Waals surface area contributed by atoms with Crippen molar-refractivity contribution < 1.29 is 40.7 Å². The molecule has 0 bridgehead atoms. The molecule has 0 spiro atoms. The first kappa shape index (κ1) is 22.3. The van der Waals surface area contributed by atoms with Crippen LogP contribution in [-0.2, 0) is 28.3 Å². The molecule has 10 heteroatoms. The summed E-state index contributed by atoms with van der Waals surface area (Å²) in [5.74, 6) is -2.12. The van der Waals surface area contributed by atoms with Crippen LogP contribution < -0.4 is 5.32 Å². The van der Waals surface area contributed by atoms with Gasteiger partial charge in [-0.3, -0.25) is 4.79 Å². The minimum atomic E-state index is -4.79. The fourth-order valence-electron chi connectivity index (χ4n) is 2.57. The van der Waals surface area contributed by atoms with Gasteiger partial charge in [0.25, 0.3) is 5.91 Å². The molecule has 0 aliphatic rings. The number of nitrogens with one attached hydrogen (secondary N) is 1. The van der Waals surface area contributed by atoms with Crippen molar-refractivity contribution in [2.24, 2.45) is 0 Å². The number of methoxy groups -OCH3 is 1. The standard InChI is InChI=1S/C19H15F6NO3/c1-29-17(28)15(10-11-6-8-12(9-7-11)18(20,21)22)26-16(27)13-4-2-3-5-14(13)19(23,24)25/h2-9,15H,10H2,1H3,(H,26,27)/t15-/m1/s1. The second kappa shape index (κ2) is 8.54. The van der Waals surface area contributed by atoms with Crippen LogP contribution in [0.2, 0.25) is 0 Å². The van der Waals surface area contributed by atoms with Crippen molar-refractivity contribution in [2.45, 2.75) is 24.8 Å². The van der Waals surface area contributed by atoms with E-state index in [1.165, 1.54) is 6.07 Å². The highest BCUT2D eigenvalue weighted by molar-refractivity contribution is 5.98. The maximum Gasteiger partial charge on any atom is 0.417 e. The summed E-state index contributed by atoms with van der Waals surface area (Å²) in [7, 11) is 1.01. The van der Waals surface area contributed by atoms with Gasteiger partial charge in [0.05, 0.1) is 23.8 Å². The summed E-state index contributed by atoms with van der Waals surface area (Å²) >= 11 is 0. The minimum Gasteiger partial charge on any atom is -0.467 e. The Kier molecular flexibility index (Phi) is 6.55. The Labute approximate surface area is 161 Å². The van der Waals surface area contributed by atoms with Gasteiger partial charge in [-0.2, -0.15) is 26.3 Å². The van der Waals surface area contributed by atoms with Crippen LogP contribution in [0.1, 0.15) is 27.0 Å². The van der Waals surface area contributed by atoms with Gasteiger partial charge in [-0.15, -0.1) is 0 Å². The molecule has 0 saturated heterocycles. The van der Waals surface area contributed by atoms with Crippen LogP contribution in [0.4, 0.5) is 26.3 Å². The topological polar surface area (TPSA) is 55.4 Å². The molecule has 0 saturated carbocycles. The number of amides is 1. The quantitative estimate of drug-likeness (QED) is 0.583. The summed E-state index contributed by atoms with van der Waals surface area (Å²) < 4.78 is 81.7. The molecule has 2 rings (SSSR count). The lowest BCUT2D eigenvalue weighted by Gasteiger charge is -2.19. The predicted octanol–water partition coefficient (Wildman–Crippen LogP) is 4.24. The number of alkyl halides is 6. The van der Waals surface area contributed by atoms with E-state index in [4.69, 9.17) is 0 Å². The second-order valence-corrected chi connectivity index (χ2v) is 5.99.